The Kier molecular flexibility index (Phi) is 4.49. The minimum Gasteiger partial charge on any atom is -0.497 e. The topological polar surface area (TPSA) is 39.9 Å². The van der Waals surface area contributed by atoms with E-state index in [2.05, 4.69) is 58.1 Å². The molecule has 0 spiro atoms. The van der Waals surface area contributed by atoms with Crippen LogP contribution in [0.3, 0.4) is 0 Å². The molecule has 0 aliphatic heterocycles. The fourth-order valence-electron chi connectivity index (χ4n) is 2.86. The van der Waals surface area contributed by atoms with E-state index in [1.165, 1.54) is 24.0 Å². The molecule has 1 fully saturated rings. The van der Waals surface area contributed by atoms with Gasteiger partial charge in [0.2, 0.25) is 0 Å². The second kappa shape index (κ2) is 6.92. The maximum atomic E-state index is 5.22. The minimum atomic E-state index is 0.559. The number of hydrogen-bond donors (Lipinski definition) is 0. The highest BCUT2D eigenvalue weighted by Gasteiger charge is 2.31. The highest BCUT2D eigenvalue weighted by atomic mass is 32.2. The number of rotatable bonds is 6. The van der Waals surface area contributed by atoms with Crippen molar-refractivity contribution in [1.29, 1.82) is 0 Å². The first-order valence-electron chi connectivity index (χ1n) is 8.52. The van der Waals surface area contributed by atoms with Crippen molar-refractivity contribution < 1.29 is 4.74 Å². The molecule has 1 aromatic heterocycles. The van der Waals surface area contributed by atoms with Crippen molar-refractivity contribution >= 4 is 11.8 Å². The van der Waals surface area contributed by atoms with Gasteiger partial charge in [-0.2, -0.15) is 0 Å². The SMILES string of the molecule is COc1ccc(CSc2nnc(C3CC3)n2-c2cccc(C)c2)cc1. The van der Waals surface area contributed by atoms with Gasteiger partial charge in [0.1, 0.15) is 11.6 Å². The van der Waals surface area contributed by atoms with Crippen LogP contribution in [0.25, 0.3) is 5.69 Å². The van der Waals surface area contributed by atoms with Crippen LogP contribution in [0.4, 0.5) is 0 Å². The molecule has 0 amide bonds. The summed E-state index contributed by atoms with van der Waals surface area (Å²) in [4.78, 5) is 0. The molecule has 4 nitrogen and oxygen atoms in total. The summed E-state index contributed by atoms with van der Waals surface area (Å²) in [6, 6.07) is 16.7. The predicted molar refractivity (Wildman–Crippen MR) is 101 cm³/mol. The second-order valence-electron chi connectivity index (χ2n) is 6.43. The molecule has 5 heteroatoms. The zero-order chi connectivity index (χ0) is 17.2. The molecule has 0 unspecified atom stereocenters. The van der Waals surface area contributed by atoms with Crippen LogP contribution >= 0.6 is 11.8 Å². The summed E-state index contributed by atoms with van der Waals surface area (Å²) in [5.41, 5.74) is 3.65. The van der Waals surface area contributed by atoms with E-state index < -0.39 is 0 Å². The van der Waals surface area contributed by atoms with Crippen LogP contribution < -0.4 is 4.74 Å². The van der Waals surface area contributed by atoms with Crippen molar-refractivity contribution in [1.82, 2.24) is 14.8 Å². The summed E-state index contributed by atoms with van der Waals surface area (Å²) >= 11 is 1.73. The standard InChI is InChI=1S/C20H21N3OS/c1-14-4-3-5-17(12-14)23-19(16-8-9-16)21-22-20(23)25-13-15-6-10-18(24-2)11-7-15/h3-7,10-12,16H,8-9,13H2,1-2H3. The second-order valence-corrected chi connectivity index (χ2v) is 7.37. The van der Waals surface area contributed by atoms with Crippen molar-refractivity contribution in [3.8, 4) is 11.4 Å². The van der Waals surface area contributed by atoms with Crippen molar-refractivity contribution in [2.45, 2.75) is 36.6 Å². The normalized spacial score (nSPS) is 13.8. The van der Waals surface area contributed by atoms with Crippen LogP contribution in [0.15, 0.2) is 53.7 Å². The van der Waals surface area contributed by atoms with Crippen molar-refractivity contribution in [2.75, 3.05) is 7.11 Å². The maximum Gasteiger partial charge on any atom is 0.196 e. The molecule has 25 heavy (non-hydrogen) atoms. The molecule has 128 valence electrons. The van der Waals surface area contributed by atoms with Gasteiger partial charge in [0.05, 0.1) is 7.11 Å². The Balaban J connectivity index is 1.60. The number of benzene rings is 2. The first kappa shape index (κ1) is 16.2. The third kappa shape index (κ3) is 3.56. The third-order valence-corrected chi connectivity index (χ3v) is 5.39. The Morgan fingerprint density at radius 3 is 2.60 bits per heavy atom. The van der Waals surface area contributed by atoms with Crippen LogP contribution in [-0.4, -0.2) is 21.9 Å². The average Bonchev–Trinajstić information content (AvgIpc) is 3.40. The molecular weight excluding hydrogens is 330 g/mol. The van der Waals surface area contributed by atoms with E-state index in [4.69, 9.17) is 4.74 Å². The number of thioether (sulfide) groups is 1. The van der Waals surface area contributed by atoms with Crippen molar-refractivity contribution in [2.24, 2.45) is 0 Å². The molecule has 0 N–H and O–H groups in total. The van der Waals surface area contributed by atoms with Crippen LogP contribution in [-0.2, 0) is 5.75 Å². The zero-order valence-electron chi connectivity index (χ0n) is 14.5. The summed E-state index contributed by atoms with van der Waals surface area (Å²) in [6.45, 7) is 2.12. The molecule has 0 radical (unpaired) electrons. The number of nitrogens with zero attached hydrogens (tertiary/aromatic N) is 3. The fourth-order valence-corrected chi connectivity index (χ4v) is 3.77. The smallest absolute Gasteiger partial charge is 0.196 e. The van der Waals surface area contributed by atoms with Gasteiger partial charge in [-0.15, -0.1) is 10.2 Å². The lowest BCUT2D eigenvalue weighted by atomic mass is 10.2. The third-order valence-electron chi connectivity index (χ3n) is 4.39. The monoisotopic (exact) mass is 351 g/mol. The average molecular weight is 351 g/mol. The van der Waals surface area contributed by atoms with Crippen LogP contribution in [0.1, 0.15) is 35.7 Å². The van der Waals surface area contributed by atoms with E-state index in [0.717, 1.165) is 28.2 Å². The molecule has 1 saturated carbocycles. The first-order valence-corrected chi connectivity index (χ1v) is 9.51. The van der Waals surface area contributed by atoms with Gasteiger partial charge >= 0.3 is 0 Å². The van der Waals surface area contributed by atoms with E-state index >= 15 is 0 Å². The molecule has 0 atom stereocenters. The van der Waals surface area contributed by atoms with Gasteiger partial charge in [-0.1, -0.05) is 36.0 Å². The fraction of sp³-hybridized carbons (Fsp3) is 0.300. The molecule has 4 rings (SSSR count). The number of ether oxygens (including phenoxy) is 1. The zero-order valence-corrected chi connectivity index (χ0v) is 15.3. The van der Waals surface area contributed by atoms with E-state index in [-0.39, 0.29) is 0 Å². The Bertz CT molecular complexity index is 869. The van der Waals surface area contributed by atoms with Gasteiger partial charge < -0.3 is 4.74 Å². The van der Waals surface area contributed by atoms with Gasteiger partial charge in [0.15, 0.2) is 5.16 Å². The first-order chi connectivity index (χ1) is 12.2. The van der Waals surface area contributed by atoms with Crippen molar-refractivity contribution in [3.05, 3.63) is 65.5 Å². The van der Waals surface area contributed by atoms with E-state index in [1.807, 2.05) is 12.1 Å². The number of methoxy groups -OCH3 is 1. The molecule has 1 heterocycles. The lowest BCUT2D eigenvalue weighted by Gasteiger charge is -2.10. The lowest BCUT2D eigenvalue weighted by Crippen LogP contribution is -2.02. The molecule has 1 aliphatic rings. The number of aromatic nitrogens is 3. The van der Waals surface area contributed by atoms with Crippen LogP contribution in [0.5, 0.6) is 5.75 Å². The lowest BCUT2D eigenvalue weighted by molar-refractivity contribution is 0.414. The quantitative estimate of drug-likeness (QED) is 0.601. The minimum absolute atomic E-state index is 0.559. The van der Waals surface area contributed by atoms with Crippen LogP contribution in [0, 0.1) is 6.92 Å². The van der Waals surface area contributed by atoms with Crippen molar-refractivity contribution in [3.63, 3.8) is 0 Å². The van der Waals surface area contributed by atoms with Gasteiger partial charge in [0, 0.05) is 17.4 Å². The largest absolute Gasteiger partial charge is 0.497 e. The molecule has 3 aromatic rings. The summed E-state index contributed by atoms with van der Waals surface area (Å²) in [5.74, 6) is 3.40. The van der Waals surface area contributed by atoms with Gasteiger partial charge in [-0.3, -0.25) is 4.57 Å². The van der Waals surface area contributed by atoms with Gasteiger partial charge in [-0.25, -0.2) is 0 Å². The Hall–Kier alpha value is -2.27. The molecule has 0 saturated heterocycles. The molecule has 0 bridgehead atoms. The Labute approximate surface area is 152 Å². The van der Waals surface area contributed by atoms with E-state index in [1.54, 1.807) is 18.9 Å². The number of hydrogen-bond acceptors (Lipinski definition) is 4. The van der Waals surface area contributed by atoms with Gasteiger partial charge in [0.25, 0.3) is 0 Å². The summed E-state index contributed by atoms with van der Waals surface area (Å²) in [5, 5.41) is 9.94. The van der Waals surface area contributed by atoms with E-state index in [9.17, 15) is 0 Å². The Morgan fingerprint density at radius 2 is 1.92 bits per heavy atom. The molecular formula is C20H21N3OS. The highest BCUT2D eigenvalue weighted by molar-refractivity contribution is 7.98. The Morgan fingerprint density at radius 1 is 1.12 bits per heavy atom. The van der Waals surface area contributed by atoms with E-state index in [0.29, 0.717) is 5.92 Å². The van der Waals surface area contributed by atoms with Gasteiger partial charge in [-0.05, 0) is 55.2 Å². The molecule has 1 aliphatic carbocycles. The predicted octanol–water partition coefficient (Wildman–Crippen LogP) is 4.75. The van der Waals surface area contributed by atoms with Crippen LogP contribution in [0.2, 0.25) is 0 Å². The maximum absolute atomic E-state index is 5.22. The summed E-state index contributed by atoms with van der Waals surface area (Å²) in [6.07, 6.45) is 2.43. The number of aryl methyl sites for hydroxylation is 1. The summed E-state index contributed by atoms with van der Waals surface area (Å²) < 4.78 is 7.46. The summed E-state index contributed by atoms with van der Waals surface area (Å²) in [7, 11) is 1.69. The molecule has 2 aromatic carbocycles. The highest BCUT2D eigenvalue weighted by Crippen LogP contribution is 2.41.